The Morgan fingerprint density at radius 3 is 2.58 bits per heavy atom. The average Bonchev–Trinajstić information content (AvgIpc) is 2.87. The van der Waals surface area contributed by atoms with Gasteiger partial charge < -0.3 is 5.32 Å². The van der Waals surface area contributed by atoms with Crippen molar-refractivity contribution < 1.29 is 0 Å². The highest BCUT2D eigenvalue weighted by atomic mass is 32.2. The second-order valence-electron chi connectivity index (χ2n) is 5.81. The van der Waals surface area contributed by atoms with E-state index in [1.54, 1.807) is 0 Å². The van der Waals surface area contributed by atoms with Crippen molar-refractivity contribution in [2.45, 2.75) is 57.7 Å². The van der Waals surface area contributed by atoms with Crippen LogP contribution >= 0.6 is 11.8 Å². The van der Waals surface area contributed by atoms with Crippen molar-refractivity contribution in [3.05, 3.63) is 34.9 Å². The van der Waals surface area contributed by atoms with Crippen LogP contribution in [-0.2, 0) is 6.42 Å². The first-order chi connectivity index (χ1) is 9.19. The van der Waals surface area contributed by atoms with Crippen molar-refractivity contribution in [1.29, 1.82) is 0 Å². The lowest BCUT2D eigenvalue weighted by Crippen LogP contribution is -2.39. The molecule has 0 saturated carbocycles. The monoisotopic (exact) mass is 277 g/mol. The Labute approximate surface area is 122 Å². The Hall–Kier alpha value is -0.470. The van der Waals surface area contributed by atoms with E-state index < -0.39 is 0 Å². The van der Waals surface area contributed by atoms with Gasteiger partial charge in [0.25, 0.3) is 0 Å². The predicted molar refractivity (Wildman–Crippen MR) is 87.2 cm³/mol. The van der Waals surface area contributed by atoms with E-state index in [2.05, 4.69) is 56.0 Å². The highest BCUT2D eigenvalue weighted by Crippen LogP contribution is 2.30. The molecule has 1 aliphatic heterocycles. The number of hydrogen-bond donors (Lipinski definition) is 1. The van der Waals surface area contributed by atoms with Crippen LogP contribution in [0.1, 0.15) is 42.9 Å². The Morgan fingerprint density at radius 2 is 2.00 bits per heavy atom. The first-order valence-electron chi connectivity index (χ1n) is 7.61. The Morgan fingerprint density at radius 1 is 1.26 bits per heavy atom. The van der Waals surface area contributed by atoms with Gasteiger partial charge in [-0.05, 0) is 57.4 Å². The molecular formula is C17H27NS. The standard InChI is InChI=1S/C17H27NS/c1-4-7-18-16(17-6-5-8-19-17)12-15-10-13(2)9-14(3)11-15/h9-11,16-18H,4-8,12H2,1-3H3. The third kappa shape index (κ3) is 4.54. The van der Waals surface area contributed by atoms with Gasteiger partial charge in [-0.15, -0.1) is 0 Å². The van der Waals surface area contributed by atoms with Crippen LogP contribution in [0.5, 0.6) is 0 Å². The van der Waals surface area contributed by atoms with Crippen LogP contribution in [0, 0.1) is 13.8 Å². The molecule has 1 aromatic carbocycles. The van der Waals surface area contributed by atoms with Crippen LogP contribution in [0.15, 0.2) is 18.2 Å². The number of aryl methyl sites for hydroxylation is 2. The molecule has 0 spiro atoms. The Bertz CT molecular complexity index is 376. The molecule has 2 heteroatoms. The number of thioether (sulfide) groups is 1. The molecule has 2 rings (SSSR count). The fourth-order valence-electron chi connectivity index (χ4n) is 3.03. The lowest BCUT2D eigenvalue weighted by molar-refractivity contribution is 0.482. The van der Waals surface area contributed by atoms with E-state index in [1.807, 2.05) is 0 Å². The second kappa shape index (κ2) is 7.35. The van der Waals surface area contributed by atoms with E-state index in [1.165, 1.54) is 48.1 Å². The summed E-state index contributed by atoms with van der Waals surface area (Å²) in [6.45, 7) is 7.81. The molecule has 1 nitrogen and oxygen atoms in total. The minimum atomic E-state index is 0.647. The van der Waals surface area contributed by atoms with Crippen molar-refractivity contribution in [2.75, 3.05) is 12.3 Å². The van der Waals surface area contributed by atoms with E-state index in [0.29, 0.717) is 6.04 Å². The summed E-state index contributed by atoms with van der Waals surface area (Å²) in [6, 6.07) is 7.62. The SMILES string of the molecule is CCCNC(Cc1cc(C)cc(C)c1)C1CCCS1. The summed E-state index contributed by atoms with van der Waals surface area (Å²) in [6.07, 6.45) is 5.18. The number of hydrogen-bond acceptors (Lipinski definition) is 2. The maximum atomic E-state index is 3.78. The van der Waals surface area contributed by atoms with Crippen LogP contribution in [0.25, 0.3) is 0 Å². The fourth-order valence-corrected chi connectivity index (χ4v) is 4.42. The quantitative estimate of drug-likeness (QED) is 0.840. The molecule has 1 saturated heterocycles. The highest BCUT2D eigenvalue weighted by Gasteiger charge is 2.25. The Balaban J connectivity index is 2.05. The molecular weight excluding hydrogens is 250 g/mol. The van der Waals surface area contributed by atoms with Crippen molar-refractivity contribution in [3.8, 4) is 0 Å². The molecule has 1 fully saturated rings. The van der Waals surface area contributed by atoms with Crippen LogP contribution in [-0.4, -0.2) is 23.6 Å². The molecule has 1 aromatic rings. The van der Waals surface area contributed by atoms with E-state index in [4.69, 9.17) is 0 Å². The molecule has 0 radical (unpaired) electrons. The molecule has 0 amide bonds. The van der Waals surface area contributed by atoms with Gasteiger partial charge in [-0.25, -0.2) is 0 Å². The van der Waals surface area contributed by atoms with Crippen LogP contribution < -0.4 is 5.32 Å². The summed E-state index contributed by atoms with van der Waals surface area (Å²) in [4.78, 5) is 0. The normalized spacial score (nSPS) is 20.7. The maximum absolute atomic E-state index is 3.78. The molecule has 0 aromatic heterocycles. The highest BCUT2D eigenvalue weighted by molar-refractivity contribution is 8.00. The third-order valence-electron chi connectivity index (χ3n) is 3.81. The van der Waals surface area contributed by atoms with Crippen molar-refractivity contribution in [3.63, 3.8) is 0 Å². The molecule has 0 bridgehead atoms. The average molecular weight is 277 g/mol. The maximum Gasteiger partial charge on any atom is 0.0226 e. The number of rotatable bonds is 6. The fraction of sp³-hybridized carbons (Fsp3) is 0.647. The lowest BCUT2D eigenvalue weighted by atomic mass is 9.97. The van der Waals surface area contributed by atoms with Gasteiger partial charge in [0.1, 0.15) is 0 Å². The largest absolute Gasteiger partial charge is 0.313 e. The molecule has 2 unspecified atom stereocenters. The second-order valence-corrected chi connectivity index (χ2v) is 7.16. The molecule has 19 heavy (non-hydrogen) atoms. The third-order valence-corrected chi connectivity index (χ3v) is 5.32. The van der Waals surface area contributed by atoms with E-state index >= 15 is 0 Å². The Kier molecular flexibility index (Phi) is 5.77. The molecule has 1 aliphatic rings. The molecule has 1 N–H and O–H groups in total. The van der Waals surface area contributed by atoms with Gasteiger partial charge in [-0.1, -0.05) is 36.2 Å². The van der Waals surface area contributed by atoms with Gasteiger partial charge in [0.15, 0.2) is 0 Å². The van der Waals surface area contributed by atoms with Crippen molar-refractivity contribution in [1.82, 2.24) is 5.32 Å². The summed E-state index contributed by atoms with van der Waals surface area (Å²) < 4.78 is 0. The van der Waals surface area contributed by atoms with Gasteiger partial charge in [0.2, 0.25) is 0 Å². The van der Waals surface area contributed by atoms with Gasteiger partial charge in [0, 0.05) is 11.3 Å². The summed E-state index contributed by atoms with van der Waals surface area (Å²) in [7, 11) is 0. The van der Waals surface area contributed by atoms with Gasteiger partial charge in [0.05, 0.1) is 0 Å². The van der Waals surface area contributed by atoms with Gasteiger partial charge in [-0.3, -0.25) is 0 Å². The topological polar surface area (TPSA) is 12.0 Å². The zero-order valence-corrected chi connectivity index (χ0v) is 13.4. The van der Waals surface area contributed by atoms with Crippen LogP contribution in [0.4, 0.5) is 0 Å². The first-order valence-corrected chi connectivity index (χ1v) is 8.66. The molecule has 106 valence electrons. The van der Waals surface area contributed by atoms with E-state index in [-0.39, 0.29) is 0 Å². The predicted octanol–water partition coefficient (Wildman–Crippen LogP) is 4.11. The molecule has 2 atom stereocenters. The smallest absolute Gasteiger partial charge is 0.0226 e. The summed E-state index contributed by atoms with van der Waals surface area (Å²) in [5.41, 5.74) is 4.28. The molecule has 0 aliphatic carbocycles. The number of benzene rings is 1. The van der Waals surface area contributed by atoms with Crippen molar-refractivity contribution >= 4 is 11.8 Å². The summed E-state index contributed by atoms with van der Waals surface area (Å²) in [5.74, 6) is 1.35. The molecule has 1 heterocycles. The minimum absolute atomic E-state index is 0.647. The van der Waals surface area contributed by atoms with Crippen LogP contribution in [0.3, 0.4) is 0 Å². The zero-order chi connectivity index (χ0) is 13.7. The van der Waals surface area contributed by atoms with E-state index in [9.17, 15) is 0 Å². The van der Waals surface area contributed by atoms with Gasteiger partial charge >= 0.3 is 0 Å². The minimum Gasteiger partial charge on any atom is -0.313 e. The summed E-state index contributed by atoms with van der Waals surface area (Å²) >= 11 is 2.17. The van der Waals surface area contributed by atoms with E-state index in [0.717, 1.165) is 11.8 Å². The number of nitrogens with one attached hydrogen (secondary N) is 1. The first kappa shape index (κ1) is 14.9. The summed E-state index contributed by atoms with van der Waals surface area (Å²) in [5, 5.41) is 4.59. The lowest BCUT2D eigenvalue weighted by Gasteiger charge is -2.24. The zero-order valence-electron chi connectivity index (χ0n) is 12.5. The van der Waals surface area contributed by atoms with Gasteiger partial charge in [-0.2, -0.15) is 11.8 Å². The van der Waals surface area contributed by atoms with Crippen molar-refractivity contribution in [2.24, 2.45) is 0 Å². The van der Waals surface area contributed by atoms with Crippen LogP contribution in [0.2, 0.25) is 0 Å².